The second kappa shape index (κ2) is 13.0. The minimum atomic E-state index is 0. The van der Waals surface area contributed by atoms with Gasteiger partial charge >= 0.3 is 0 Å². The molecule has 0 bridgehead atoms. The molecule has 1 aliphatic rings. The van der Waals surface area contributed by atoms with Gasteiger partial charge in [0.15, 0.2) is 5.96 Å². The predicted octanol–water partition coefficient (Wildman–Crippen LogP) is 2.75. The molecule has 0 heterocycles. The molecule has 1 fully saturated rings. The lowest BCUT2D eigenvalue weighted by Gasteiger charge is -2.23. The van der Waals surface area contributed by atoms with Crippen LogP contribution in [0.15, 0.2) is 4.99 Å². The summed E-state index contributed by atoms with van der Waals surface area (Å²) in [6, 6.07) is 0.363. The molecule has 1 amide bonds. The van der Waals surface area contributed by atoms with Crippen LogP contribution in [0.25, 0.3) is 0 Å². The maximum Gasteiger partial charge on any atom is 0.242 e. The standard InChI is InChI=1S/C16H32N4O.HI/c1-4-6-12-20(3)16(17-5-2)18-13-15(21)19-14-10-8-7-9-11-14;/h14H,4-13H2,1-3H3,(H,17,18)(H,19,21);1H. The Morgan fingerprint density at radius 1 is 1.23 bits per heavy atom. The highest BCUT2D eigenvalue weighted by Gasteiger charge is 2.15. The summed E-state index contributed by atoms with van der Waals surface area (Å²) >= 11 is 0. The summed E-state index contributed by atoms with van der Waals surface area (Å²) in [5.41, 5.74) is 0. The lowest BCUT2D eigenvalue weighted by Crippen LogP contribution is -2.41. The first-order chi connectivity index (χ1) is 10.2. The average molecular weight is 424 g/mol. The van der Waals surface area contributed by atoms with Gasteiger partial charge in [-0.25, -0.2) is 4.99 Å². The SMILES string of the molecule is CCCCN(C)C(=NCC(=O)NC1CCCCC1)NCC.I. The molecule has 0 aromatic carbocycles. The molecule has 130 valence electrons. The van der Waals surface area contributed by atoms with E-state index in [-0.39, 0.29) is 36.4 Å². The third-order valence-electron chi connectivity index (χ3n) is 3.89. The van der Waals surface area contributed by atoms with E-state index in [9.17, 15) is 4.79 Å². The van der Waals surface area contributed by atoms with Gasteiger partial charge in [0.05, 0.1) is 0 Å². The van der Waals surface area contributed by atoms with E-state index in [1.165, 1.54) is 19.3 Å². The first-order valence-corrected chi connectivity index (χ1v) is 8.46. The molecule has 2 N–H and O–H groups in total. The normalized spacial score (nSPS) is 15.9. The van der Waals surface area contributed by atoms with Crippen molar-refractivity contribution in [1.82, 2.24) is 15.5 Å². The summed E-state index contributed by atoms with van der Waals surface area (Å²) in [7, 11) is 2.02. The van der Waals surface area contributed by atoms with Crippen LogP contribution in [0.3, 0.4) is 0 Å². The third kappa shape index (κ3) is 8.80. The van der Waals surface area contributed by atoms with Crippen LogP contribution in [0.5, 0.6) is 0 Å². The topological polar surface area (TPSA) is 56.7 Å². The van der Waals surface area contributed by atoms with Crippen molar-refractivity contribution in [1.29, 1.82) is 0 Å². The summed E-state index contributed by atoms with van der Waals surface area (Å²) in [4.78, 5) is 18.5. The quantitative estimate of drug-likeness (QED) is 0.376. The van der Waals surface area contributed by atoms with Gasteiger partial charge < -0.3 is 15.5 Å². The van der Waals surface area contributed by atoms with E-state index in [1.807, 2.05) is 14.0 Å². The predicted molar refractivity (Wildman–Crippen MR) is 104 cm³/mol. The molecule has 0 radical (unpaired) electrons. The fourth-order valence-electron chi connectivity index (χ4n) is 2.64. The van der Waals surface area contributed by atoms with E-state index in [4.69, 9.17) is 0 Å². The van der Waals surface area contributed by atoms with E-state index in [0.717, 1.165) is 44.7 Å². The fourth-order valence-corrected chi connectivity index (χ4v) is 2.64. The maximum absolute atomic E-state index is 12.0. The number of carbonyl (C=O) groups is 1. The number of aliphatic imine (C=N–C) groups is 1. The number of hydrogen-bond acceptors (Lipinski definition) is 2. The number of nitrogens with zero attached hydrogens (tertiary/aromatic N) is 2. The fraction of sp³-hybridized carbons (Fsp3) is 0.875. The lowest BCUT2D eigenvalue weighted by molar-refractivity contribution is -0.120. The molecule has 0 unspecified atom stereocenters. The van der Waals surface area contributed by atoms with Crippen molar-refractivity contribution in [3.63, 3.8) is 0 Å². The Bertz CT molecular complexity index is 330. The Balaban J connectivity index is 0.00000441. The second-order valence-electron chi connectivity index (χ2n) is 5.85. The monoisotopic (exact) mass is 424 g/mol. The first kappa shape index (κ1) is 21.5. The van der Waals surface area contributed by atoms with E-state index in [2.05, 4.69) is 27.4 Å². The van der Waals surface area contributed by atoms with Crippen LogP contribution in [0.4, 0.5) is 0 Å². The average Bonchev–Trinajstić information content (AvgIpc) is 2.50. The van der Waals surface area contributed by atoms with Gasteiger partial charge in [0.2, 0.25) is 5.91 Å². The zero-order chi connectivity index (χ0) is 15.5. The van der Waals surface area contributed by atoms with Gasteiger partial charge in [-0.05, 0) is 26.2 Å². The van der Waals surface area contributed by atoms with Crippen molar-refractivity contribution in [2.45, 2.75) is 64.8 Å². The minimum absolute atomic E-state index is 0. The summed E-state index contributed by atoms with van der Waals surface area (Å²) < 4.78 is 0. The van der Waals surface area contributed by atoms with Crippen molar-refractivity contribution < 1.29 is 4.79 Å². The van der Waals surface area contributed by atoms with Gasteiger partial charge in [-0.2, -0.15) is 0 Å². The summed E-state index contributed by atoms with van der Waals surface area (Å²) in [5.74, 6) is 0.867. The number of nitrogens with one attached hydrogen (secondary N) is 2. The zero-order valence-corrected chi connectivity index (χ0v) is 16.7. The largest absolute Gasteiger partial charge is 0.357 e. The van der Waals surface area contributed by atoms with Crippen molar-refractivity contribution >= 4 is 35.8 Å². The molecule has 0 saturated heterocycles. The van der Waals surface area contributed by atoms with Gasteiger partial charge in [0.25, 0.3) is 0 Å². The molecular weight excluding hydrogens is 391 g/mol. The van der Waals surface area contributed by atoms with E-state index in [1.54, 1.807) is 0 Å². The van der Waals surface area contributed by atoms with Crippen LogP contribution in [-0.2, 0) is 4.79 Å². The van der Waals surface area contributed by atoms with Crippen molar-refractivity contribution in [2.24, 2.45) is 4.99 Å². The molecule has 0 aliphatic heterocycles. The van der Waals surface area contributed by atoms with E-state index < -0.39 is 0 Å². The van der Waals surface area contributed by atoms with Crippen molar-refractivity contribution in [3.05, 3.63) is 0 Å². The smallest absolute Gasteiger partial charge is 0.242 e. The Hall–Kier alpha value is -0.530. The third-order valence-corrected chi connectivity index (χ3v) is 3.89. The van der Waals surface area contributed by atoms with Gasteiger partial charge in [-0.1, -0.05) is 32.6 Å². The molecule has 1 aliphatic carbocycles. The minimum Gasteiger partial charge on any atom is -0.357 e. The van der Waals surface area contributed by atoms with Gasteiger partial charge in [0, 0.05) is 26.2 Å². The van der Waals surface area contributed by atoms with Crippen LogP contribution in [0, 0.1) is 0 Å². The van der Waals surface area contributed by atoms with E-state index >= 15 is 0 Å². The number of unbranched alkanes of at least 4 members (excludes halogenated alkanes) is 1. The molecule has 22 heavy (non-hydrogen) atoms. The highest BCUT2D eigenvalue weighted by atomic mass is 127. The number of rotatable bonds is 7. The molecule has 6 heteroatoms. The summed E-state index contributed by atoms with van der Waals surface area (Å²) in [6.45, 7) is 6.22. The van der Waals surface area contributed by atoms with E-state index in [0.29, 0.717) is 6.04 Å². The Morgan fingerprint density at radius 2 is 1.91 bits per heavy atom. The first-order valence-electron chi connectivity index (χ1n) is 8.46. The van der Waals surface area contributed by atoms with Gasteiger partial charge in [0.1, 0.15) is 6.54 Å². The van der Waals surface area contributed by atoms with Gasteiger partial charge in [-0.15, -0.1) is 24.0 Å². The second-order valence-corrected chi connectivity index (χ2v) is 5.85. The summed E-state index contributed by atoms with van der Waals surface area (Å²) in [5, 5.41) is 6.35. The molecule has 0 aromatic heterocycles. The molecule has 0 spiro atoms. The number of carbonyl (C=O) groups excluding carboxylic acids is 1. The summed E-state index contributed by atoms with van der Waals surface area (Å²) in [6.07, 6.45) is 8.30. The Kier molecular flexibility index (Phi) is 12.6. The van der Waals surface area contributed by atoms with Crippen LogP contribution >= 0.6 is 24.0 Å². The molecular formula is C16H33IN4O. The van der Waals surface area contributed by atoms with Crippen LogP contribution in [0.2, 0.25) is 0 Å². The Morgan fingerprint density at radius 3 is 2.50 bits per heavy atom. The van der Waals surface area contributed by atoms with Crippen LogP contribution < -0.4 is 10.6 Å². The van der Waals surface area contributed by atoms with Crippen LogP contribution in [0.1, 0.15) is 58.8 Å². The number of amides is 1. The Labute approximate surface area is 152 Å². The van der Waals surface area contributed by atoms with Crippen molar-refractivity contribution in [3.8, 4) is 0 Å². The molecule has 0 aromatic rings. The van der Waals surface area contributed by atoms with Gasteiger partial charge in [-0.3, -0.25) is 4.79 Å². The lowest BCUT2D eigenvalue weighted by atomic mass is 9.95. The highest BCUT2D eigenvalue weighted by molar-refractivity contribution is 14.0. The van der Waals surface area contributed by atoms with Crippen molar-refractivity contribution in [2.75, 3.05) is 26.7 Å². The molecule has 1 rings (SSSR count). The number of hydrogen-bond donors (Lipinski definition) is 2. The number of guanidine groups is 1. The highest BCUT2D eigenvalue weighted by Crippen LogP contribution is 2.17. The maximum atomic E-state index is 12.0. The molecule has 5 nitrogen and oxygen atoms in total. The van der Waals surface area contributed by atoms with Crippen LogP contribution in [-0.4, -0.2) is 49.5 Å². The number of halogens is 1. The molecule has 0 atom stereocenters. The zero-order valence-electron chi connectivity index (χ0n) is 14.4. The molecule has 1 saturated carbocycles.